The van der Waals surface area contributed by atoms with Crippen molar-refractivity contribution in [2.24, 2.45) is 11.8 Å². The molecule has 3 aliphatic heterocycles. The second-order valence-electron chi connectivity index (χ2n) is 14.1. The number of carbonyl (C=O) groups excluding carboxylic acids is 2. The number of cyclic esters (lactones) is 1. The maximum absolute atomic E-state index is 13.2. The third-order valence-electron chi connectivity index (χ3n) is 9.66. The Kier molecular flexibility index (Phi) is 13.9. The van der Waals surface area contributed by atoms with Crippen molar-refractivity contribution in [3.05, 3.63) is 36.0 Å². The molecule has 0 aromatic heterocycles. The van der Waals surface area contributed by atoms with E-state index in [0.29, 0.717) is 19.5 Å². The number of esters is 1. The Morgan fingerprint density at radius 3 is 2.65 bits per heavy atom. The summed E-state index contributed by atoms with van der Waals surface area (Å²) in [5, 5.41) is 33.0. The van der Waals surface area contributed by atoms with Crippen LogP contribution in [0, 0.1) is 11.8 Å². The fourth-order valence-corrected chi connectivity index (χ4v) is 6.11. The molecule has 0 radical (unpaired) electrons. The average Bonchev–Trinajstić information content (AvgIpc) is 3.77. The summed E-state index contributed by atoms with van der Waals surface area (Å²) in [7, 11) is 3.70. The van der Waals surface area contributed by atoms with Gasteiger partial charge in [-0.25, -0.2) is 4.79 Å². The van der Waals surface area contributed by atoms with Crippen molar-refractivity contribution in [2.75, 3.05) is 40.3 Å². The van der Waals surface area contributed by atoms with Gasteiger partial charge in [-0.3, -0.25) is 4.79 Å². The Bertz CT molecular complexity index is 1100. The second-order valence-corrected chi connectivity index (χ2v) is 14.1. The van der Waals surface area contributed by atoms with Crippen molar-refractivity contribution in [2.45, 2.75) is 121 Å². The number of methoxy groups -OCH3 is 1. The first-order chi connectivity index (χ1) is 21.5. The number of hydrogen-bond acceptors (Lipinski definition) is 10. The Balaban J connectivity index is 1.75. The summed E-state index contributed by atoms with van der Waals surface area (Å²) in [5.41, 5.74) is -1.87. The molecule has 2 fully saturated rings. The van der Waals surface area contributed by atoms with Crippen LogP contribution in [0.15, 0.2) is 36.0 Å². The number of amides is 1. The maximum Gasteiger partial charge on any atom is 0.410 e. The molecule has 0 spiro atoms. The average molecular weight is 651 g/mol. The zero-order valence-corrected chi connectivity index (χ0v) is 29.1. The van der Waals surface area contributed by atoms with Crippen LogP contribution < -0.4 is 0 Å². The van der Waals surface area contributed by atoms with Gasteiger partial charge < -0.3 is 44.1 Å². The van der Waals surface area contributed by atoms with E-state index in [1.54, 1.807) is 56.2 Å². The lowest BCUT2D eigenvalue weighted by Crippen LogP contribution is -2.45. The van der Waals surface area contributed by atoms with Gasteiger partial charge >= 0.3 is 12.1 Å². The van der Waals surface area contributed by atoms with Crippen LogP contribution in [0.4, 0.5) is 4.79 Å². The van der Waals surface area contributed by atoms with E-state index in [2.05, 4.69) is 11.8 Å². The first-order valence-electron chi connectivity index (χ1n) is 16.7. The Morgan fingerprint density at radius 2 is 1.96 bits per heavy atom. The van der Waals surface area contributed by atoms with E-state index >= 15 is 0 Å². The number of aliphatic hydroxyl groups excluding tert-OH is 1. The lowest BCUT2D eigenvalue weighted by molar-refractivity contribution is -0.151. The molecule has 1 amide bonds. The molecule has 11 heteroatoms. The maximum atomic E-state index is 13.2. The molecule has 3 N–H and O–H groups in total. The van der Waals surface area contributed by atoms with E-state index in [4.69, 9.17) is 18.9 Å². The fourth-order valence-electron chi connectivity index (χ4n) is 6.11. The number of nitrogens with zero attached hydrogens (tertiary/aromatic N) is 2. The number of ether oxygens (including phenoxy) is 4. The van der Waals surface area contributed by atoms with Crippen molar-refractivity contribution in [3.63, 3.8) is 0 Å². The van der Waals surface area contributed by atoms with Gasteiger partial charge in [-0.05, 0) is 72.2 Å². The molecular formula is C35H58N2O9. The Labute approximate surface area is 275 Å². The lowest BCUT2D eigenvalue weighted by atomic mass is 9.88. The number of aliphatic hydroxyl groups is 3. The third kappa shape index (κ3) is 11.5. The third-order valence-corrected chi connectivity index (χ3v) is 9.66. The van der Waals surface area contributed by atoms with E-state index < -0.39 is 41.6 Å². The van der Waals surface area contributed by atoms with Gasteiger partial charge in [-0.15, -0.1) is 0 Å². The molecule has 3 heterocycles. The molecule has 262 valence electrons. The van der Waals surface area contributed by atoms with Gasteiger partial charge in [-0.1, -0.05) is 38.2 Å². The van der Waals surface area contributed by atoms with Crippen LogP contribution in [0.3, 0.4) is 0 Å². The summed E-state index contributed by atoms with van der Waals surface area (Å²) in [6.07, 6.45) is 6.83. The summed E-state index contributed by atoms with van der Waals surface area (Å²) >= 11 is 0. The lowest BCUT2D eigenvalue weighted by Gasteiger charge is -2.34. The molecule has 2 saturated heterocycles. The van der Waals surface area contributed by atoms with E-state index in [0.717, 1.165) is 25.1 Å². The van der Waals surface area contributed by atoms with Crippen molar-refractivity contribution in [3.8, 4) is 0 Å². The predicted molar refractivity (Wildman–Crippen MR) is 175 cm³/mol. The zero-order chi connectivity index (χ0) is 34.2. The summed E-state index contributed by atoms with van der Waals surface area (Å²) in [6, 6.07) is 0. The normalized spacial score (nSPS) is 34.9. The second kappa shape index (κ2) is 16.7. The highest BCUT2D eigenvalue weighted by molar-refractivity contribution is 5.70. The first-order valence-corrected chi connectivity index (χ1v) is 16.7. The minimum absolute atomic E-state index is 0.0423. The van der Waals surface area contributed by atoms with Crippen LogP contribution in [0.5, 0.6) is 0 Å². The predicted octanol–water partition coefficient (Wildman–Crippen LogP) is 3.61. The molecule has 0 aromatic carbocycles. The molecule has 0 aromatic rings. The van der Waals surface area contributed by atoms with Gasteiger partial charge in [0.15, 0.2) is 6.10 Å². The minimum Gasteiger partial charge on any atom is -0.457 e. The molecule has 46 heavy (non-hydrogen) atoms. The van der Waals surface area contributed by atoms with Gasteiger partial charge in [0.05, 0.1) is 36.4 Å². The van der Waals surface area contributed by atoms with Crippen molar-refractivity contribution in [1.29, 1.82) is 0 Å². The molecule has 3 rings (SSSR count). The highest BCUT2D eigenvalue weighted by Crippen LogP contribution is 2.37. The van der Waals surface area contributed by atoms with Gasteiger partial charge in [0, 0.05) is 45.0 Å². The smallest absolute Gasteiger partial charge is 0.410 e. The zero-order valence-electron chi connectivity index (χ0n) is 29.1. The SMILES string of the molecule is COC(C)C(C)C1OC1CC(C)(O)C=CC=C(C)C1OC(=O)CC(O)CCC(C)(O)C(OC(=O)N2CCCN(C)CC2)C=CC1C. The summed E-state index contributed by atoms with van der Waals surface area (Å²) in [5.74, 6) is -0.699. The number of likely N-dealkylation sites (N-methyl/N-ethyl adjacent to an activating group) is 1. The fraction of sp³-hybridized carbons (Fsp3) is 0.771. The summed E-state index contributed by atoms with van der Waals surface area (Å²) in [4.78, 5) is 29.8. The molecule has 0 aliphatic carbocycles. The van der Waals surface area contributed by atoms with E-state index in [1.807, 2.05) is 27.8 Å². The molecule has 11 nitrogen and oxygen atoms in total. The van der Waals surface area contributed by atoms with Gasteiger partial charge in [0.2, 0.25) is 0 Å². The molecular weight excluding hydrogens is 592 g/mol. The molecule has 10 unspecified atom stereocenters. The van der Waals surface area contributed by atoms with Crippen LogP contribution in [-0.4, -0.2) is 125 Å². The van der Waals surface area contributed by atoms with Gasteiger partial charge in [0.25, 0.3) is 0 Å². The highest BCUT2D eigenvalue weighted by Gasteiger charge is 2.47. The monoisotopic (exact) mass is 650 g/mol. The number of epoxide rings is 1. The van der Waals surface area contributed by atoms with E-state index in [1.165, 1.54) is 0 Å². The van der Waals surface area contributed by atoms with Crippen LogP contribution in [-0.2, 0) is 23.7 Å². The minimum atomic E-state index is -1.48. The largest absolute Gasteiger partial charge is 0.457 e. The number of carbonyl (C=O) groups is 2. The quantitative estimate of drug-likeness (QED) is 0.147. The molecule has 0 bridgehead atoms. The van der Waals surface area contributed by atoms with Crippen molar-refractivity contribution < 1.29 is 43.9 Å². The van der Waals surface area contributed by atoms with Gasteiger partial charge in [0.1, 0.15) is 11.7 Å². The number of rotatable bonds is 9. The van der Waals surface area contributed by atoms with Crippen LogP contribution >= 0.6 is 0 Å². The van der Waals surface area contributed by atoms with Crippen molar-refractivity contribution >= 4 is 12.1 Å². The van der Waals surface area contributed by atoms with Gasteiger partial charge in [-0.2, -0.15) is 0 Å². The van der Waals surface area contributed by atoms with Crippen molar-refractivity contribution in [1.82, 2.24) is 9.80 Å². The van der Waals surface area contributed by atoms with E-state index in [9.17, 15) is 24.9 Å². The van der Waals surface area contributed by atoms with E-state index in [-0.39, 0.29) is 49.4 Å². The van der Waals surface area contributed by atoms with Crippen LogP contribution in [0.25, 0.3) is 0 Å². The molecule has 3 aliphatic rings. The Morgan fingerprint density at radius 1 is 1.24 bits per heavy atom. The van der Waals surface area contributed by atoms with Crippen LogP contribution in [0.2, 0.25) is 0 Å². The Hall–Kier alpha value is -2.28. The summed E-state index contributed by atoms with van der Waals surface area (Å²) in [6.45, 7) is 13.8. The number of hydrogen-bond donors (Lipinski definition) is 3. The molecule has 0 saturated carbocycles. The standard InChI is InChI=1S/C35H58N2O9/c1-23(11-9-15-34(5,41)22-28-32(44-28)25(3)26(4)43-8)31-24(2)12-13-29(35(6,42)16-14-27(38)21-30(39)46-31)45-33(40)37-18-10-17-36(7)19-20-37/h9,11-13,15,24-29,31-32,38,41-42H,10,14,16-22H2,1-8H3. The number of allylic oxidation sites excluding steroid dienone is 2. The summed E-state index contributed by atoms with van der Waals surface area (Å²) < 4.78 is 23.0. The van der Waals surface area contributed by atoms with Crippen LogP contribution in [0.1, 0.15) is 73.6 Å². The first kappa shape index (κ1) is 38.2. The topological polar surface area (TPSA) is 142 Å². The highest BCUT2D eigenvalue weighted by atomic mass is 16.6. The molecule has 10 atom stereocenters.